The van der Waals surface area contributed by atoms with Gasteiger partial charge in [0.2, 0.25) is 20.0 Å². The highest BCUT2D eigenvalue weighted by molar-refractivity contribution is 7.89. The van der Waals surface area contributed by atoms with Crippen molar-refractivity contribution in [2.45, 2.75) is 29.1 Å². The van der Waals surface area contributed by atoms with Crippen molar-refractivity contribution >= 4 is 20.0 Å². The van der Waals surface area contributed by atoms with Gasteiger partial charge in [-0.3, -0.25) is 0 Å². The monoisotopic (exact) mass is 330 g/mol. The van der Waals surface area contributed by atoms with E-state index < -0.39 is 20.0 Å². The molecule has 2 rings (SSSR count). The normalized spacial score (nSPS) is 19.6. The molecule has 1 aliphatic rings. The minimum absolute atomic E-state index is 0.0289. The SMILES string of the molecule is NS(=O)(=O)c1ccc(S(=O)(=O)NCC2CC=CCC2)cc1. The Morgan fingerprint density at radius 2 is 1.67 bits per heavy atom. The number of sulfonamides is 2. The Kier molecular flexibility index (Phi) is 4.82. The highest BCUT2D eigenvalue weighted by Crippen LogP contribution is 2.18. The lowest BCUT2D eigenvalue weighted by Crippen LogP contribution is -2.29. The minimum Gasteiger partial charge on any atom is -0.225 e. The molecule has 1 aromatic carbocycles. The Balaban J connectivity index is 2.07. The molecule has 6 nitrogen and oxygen atoms in total. The van der Waals surface area contributed by atoms with Crippen LogP contribution in [0.4, 0.5) is 0 Å². The lowest BCUT2D eigenvalue weighted by Gasteiger charge is -2.18. The van der Waals surface area contributed by atoms with Gasteiger partial charge in [-0.05, 0) is 49.4 Å². The van der Waals surface area contributed by atoms with Gasteiger partial charge < -0.3 is 0 Å². The summed E-state index contributed by atoms with van der Waals surface area (Å²) in [6.07, 6.45) is 6.95. The Hall–Kier alpha value is -1.22. The van der Waals surface area contributed by atoms with Gasteiger partial charge in [0.25, 0.3) is 0 Å². The van der Waals surface area contributed by atoms with Crippen LogP contribution in [0.1, 0.15) is 19.3 Å². The van der Waals surface area contributed by atoms with Gasteiger partial charge in [0.15, 0.2) is 0 Å². The molecule has 1 aliphatic carbocycles. The average Bonchev–Trinajstić information content (AvgIpc) is 2.46. The molecule has 0 aliphatic heterocycles. The molecule has 0 saturated heterocycles. The summed E-state index contributed by atoms with van der Waals surface area (Å²) in [5.41, 5.74) is 0. The summed E-state index contributed by atoms with van der Waals surface area (Å²) < 4.78 is 49.1. The first-order chi connectivity index (χ1) is 9.79. The fourth-order valence-corrected chi connectivity index (χ4v) is 3.79. The maximum absolute atomic E-state index is 12.1. The van der Waals surface area contributed by atoms with E-state index in [0.29, 0.717) is 12.5 Å². The van der Waals surface area contributed by atoms with Crippen molar-refractivity contribution in [3.05, 3.63) is 36.4 Å². The molecular weight excluding hydrogens is 312 g/mol. The van der Waals surface area contributed by atoms with Crippen molar-refractivity contribution in [3.8, 4) is 0 Å². The predicted octanol–water partition coefficient (Wildman–Crippen LogP) is 0.969. The smallest absolute Gasteiger partial charge is 0.225 e. The molecule has 116 valence electrons. The number of primary sulfonamides is 1. The maximum Gasteiger partial charge on any atom is 0.240 e. The van der Waals surface area contributed by atoms with Crippen LogP contribution in [0.5, 0.6) is 0 Å². The van der Waals surface area contributed by atoms with Gasteiger partial charge in [0, 0.05) is 6.54 Å². The summed E-state index contributed by atoms with van der Waals surface area (Å²) in [4.78, 5) is -0.0832. The average molecular weight is 330 g/mol. The fourth-order valence-electron chi connectivity index (χ4n) is 2.16. The minimum atomic E-state index is -3.82. The van der Waals surface area contributed by atoms with Gasteiger partial charge in [-0.25, -0.2) is 26.7 Å². The molecular formula is C13H18N2O4S2. The summed E-state index contributed by atoms with van der Waals surface area (Å²) >= 11 is 0. The van der Waals surface area contributed by atoms with Gasteiger partial charge in [0.05, 0.1) is 9.79 Å². The molecule has 0 amide bonds. The van der Waals surface area contributed by atoms with Crippen molar-refractivity contribution < 1.29 is 16.8 Å². The highest BCUT2D eigenvalue weighted by atomic mass is 32.2. The molecule has 0 aromatic heterocycles. The van der Waals surface area contributed by atoms with E-state index in [1.165, 1.54) is 24.3 Å². The first-order valence-corrected chi connectivity index (χ1v) is 9.59. The molecule has 1 atom stereocenters. The highest BCUT2D eigenvalue weighted by Gasteiger charge is 2.18. The molecule has 0 radical (unpaired) electrons. The summed E-state index contributed by atoms with van der Waals surface area (Å²) in [7, 11) is -7.45. The summed E-state index contributed by atoms with van der Waals surface area (Å²) in [5, 5.41) is 4.97. The van der Waals surface area contributed by atoms with Gasteiger partial charge in [-0.2, -0.15) is 0 Å². The molecule has 0 heterocycles. The van der Waals surface area contributed by atoms with Crippen LogP contribution in [0.25, 0.3) is 0 Å². The van der Waals surface area contributed by atoms with Gasteiger partial charge in [0.1, 0.15) is 0 Å². The quantitative estimate of drug-likeness (QED) is 0.784. The van der Waals surface area contributed by atoms with Gasteiger partial charge in [-0.1, -0.05) is 12.2 Å². The van der Waals surface area contributed by atoms with Crippen molar-refractivity contribution in [1.82, 2.24) is 4.72 Å². The van der Waals surface area contributed by atoms with Crippen molar-refractivity contribution in [3.63, 3.8) is 0 Å². The lowest BCUT2D eigenvalue weighted by molar-refractivity contribution is 0.468. The summed E-state index contributed by atoms with van der Waals surface area (Å²) in [6, 6.07) is 4.85. The van der Waals surface area contributed by atoms with Crippen LogP contribution in [0.2, 0.25) is 0 Å². The molecule has 1 aromatic rings. The van der Waals surface area contributed by atoms with Crippen molar-refractivity contribution in [1.29, 1.82) is 0 Å². The third kappa shape index (κ3) is 4.37. The first-order valence-electron chi connectivity index (χ1n) is 6.56. The molecule has 0 bridgehead atoms. The van der Waals surface area contributed by atoms with Crippen LogP contribution in [0.3, 0.4) is 0 Å². The van der Waals surface area contributed by atoms with E-state index >= 15 is 0 Å². The number of nitrogens with two attached hydrogens (primary N) is 1. The molecule has 3 N–H and O–H groups in total. The van der Waals surface area contributed by atoms with Crippen molar-refractivity contribution in [2.75, 3.05) is 6.54 Å². The Bertz CT molecular complexity index is 722. The third-order valence-electron chi connectivity index (χ3n) is 3.40. The number of allylic oxidation sites excluding steroid dienone is 2. The largest absolute Gasteiger partial charge is 0.240 e. The zero-order valence-corrected chi connectivity index (χ0v) is 13.0. The van der Waals surface area contributed by atoms with E-state index in [9.17, 15) is 16.8 Å². The van der Waals surface area contributed by atoms with E-state index in [1.807, 2.05) is 0 Å². The van der Waals surface area contributed by atoms with Crippen LogP contribution in [-0.4, -0.2) is 23.4 Å². The summed E-state index contributed by atoms with van der Waals surface area (Å²) in [5.74, 6) is 0.300. The number of nitrogens with one attached hydrogen (secondary N) is 1. The summed E-state index contributed by atoms with van der Waals surface area (Å²) in [6.45, 7) is 0.379. The molecule has 8 heteroatoms. The van der Waals surface area contributed by atoms with E-state index in [4.69, 9.17) is 5.14 Å². The van der Waals surface area contributed by atoms with E-state index in [2.05, 4.69) is 16.9 Å². The number of rotatable bonds is 5. The third-order valence-corrected chi connectivity index (χ3v) is 5.77. The second-order valence-electron chi connectivity index (χ2n) is 5.02. The number of benzene rings is 1. The topological polar surface area (TPSA) is 106 Å². The predicted molar refractivity (Wildman–Crippen MR) is 79.5 cm³/mol. The Morgan fingerprint density at radius 3 is 2.19 bits per heavy atom. The van der Waals surface area contributed by atoms with Crippen molar-refractivity contribution in [2.24, 2.45) is 11.1 Å². The second-order valence-corrected chi connectivity index (χ2v) is 8.35. The second kappa shape index (κ2) is 6.27. The van der Waals surface area contributed by atoms with Gasteiger partial charge >= 0.3 is 0 Å². The molecule has 0 spiro atoms. The van der Waals surface area contributed by atoms with Crippen LogP contribution in [0.15, 0.2) is 46.2 Å². The zero-order valence-electron chi connectivity index (χ0n) is 11.4. The number of hydrogen-bond donors (Lipinski definition) is 2. The lowest BCUT2D eigenvalue weighted by atomic mass is 9.95. The standard InChI is InChI=1S/C13H18N2O4S2/c14-20(16,17)12-6-8-13(9-7-12)21(18,19)15-10-11-4-2-1-3-5-11/h1-2,6-9,11,15H,3-5,10H2,(H2,14,16,17). The fraction of sp³-hybridized carbons (Fsp3) is 0.385. The van der Waals surface area contributed by atoms with Crippen LogP contribution >= 0.6 is 0 Å². The van der Waals surface area contributed by atoms with Crippen LogP contribution < -0.4 is 9.86 Å². The Labute approximate surface area is 125 Å². The zero-order chi connectivity index (χ0) is 15.5. The molecule has 21 heavy (non-hydrogen) atoms. The van der Waals surface area contributed by atoms with Gasteiger partial charge in [-0.15, -0.1) is 0 Å². The molecule has 1 unspecified atom stereocenters. The van der Waals surface area contributed by atoms with E-state index in [0.717, 1.165) is 19.3 Å². The molecule has 0 fully saturated rings. The van der Waals surface area contributed by atoms with E-state index in [1.54, 1.807) is 0 Å². The van der Waals surface area contributed by atoms with E-state index in [-0.39, 0.29) is 9.79 Å². The number of hydrogen-bond acceptors (Lipinski definition) is 4. The maximum atomic E-state index is 12.1. The van der Waals surface area contributed by atoms with Crippen LogP contribution in [-0.2, 0) is 20.0 Å². The Morgan fingerprint density at radius 1 is 1.05 bits per heavy atom. The molecule has 0 saturated carbocycles. The van der Waals surface area contributed by atoms with Crippen LogP contribution in [0, 0.1) is 5.92 Å². The first kappa shape index (κ1) is 16.2.